The molecule has 0 aliphatic rings. The van der Waals surface area contributed by atoms with Crippen LogP contribution in [0.3, 0.4) is 0 Å². The number of nitrogens with one attached hydrogen (secondary N) is 4. The van der Waals surface area contributed by atoms with Gasteiger partial charge in [0.05, 0.1) is 11.3 Å². The van der Waals surface area contributed by atoms with Gasteiger partial charge in [0.15, 0.2) is 5.11 Å². The number of rotatable bonds is 7. The first kappa shape index (κ1) is 24.4. The number of amides is 2. The first-order valence-corrected chi connectivity index (χ1v) is 11.7. The van der Waals surface area contributed by atoms with Crippen molar-refractivity contribution in [2.45, 2.75) is 0 Å². The number of hydrogen-bond acceptors (Lipinski definition) is 4. The molecule has 2 amide bonds. The van der Waals surface area contributed by atoms with Gasteiger partial charge in [0.2, 0.25) is 5.91 Å². The van der Waals surface area contributed by atoms with E-state index < -0.39 is 0 Å². The van der Waals surface area contributed by atoms with Gasteiger partial charge in [-0.25, -0.2) is 0 Å². The fourth-order valence-corrected chi connectivity index (χ4v) is 3.57. The number of thiocarbonyl (C=S) groups is 1. The second kappa shape index (κ2) is 12.1. The van der Waals surface area contributed by atoms with E-state index in [1.807, 2.05) is 84.9 Å². The lowest BCUT2D eigenvalue weighted by molar-refractivity contribution is -0.115. The lowest BCUT2D eigenvalue weighted by Crippen LogP contribution is -2.33. The minimum atomic E-state index is -0.373. The molecule has 0 spiro atoms. The third-order valence-corrected chi connectivity index (χ3v) is 5.29. The van der Waals surface area contributed by atoms with Gasteiger partial charge in [-0.3, -0.25) is 14.9 Å². The molecule has 4 aromatic carbocycles. The second-order valence-electron chi connectivity index (χ2n) is 7.76. The van der Waals surface area contributed by atoms with Crippen LogP contribution in [0.1, 0.15) is 15.9 Å². The molecule has 0 bridgehead atoms. The first-order chi connectivity index (χ1) is 17.6. The van der Waals surface area contributed by atoms with Crippen molar-refractivity contribution >= 4 is 58.0 Å². The van der Waals surface area contributed by atoms with Crippen LogP contribution >= 0.6 is 12.2 Å². The molecule has 4 N–H and O–H groups in total. The summed E-state index contributed by atoms with van der Waals surface area (Å²) in [6.45, 7) is 0. The smallest absolute Gasteiger partial charge is 0.257 e. The summed E-state index contributed by atoms with van der Waals surface area (Å²) >= 11 is 5.27. The number of hydrogen-bond donors (Lipinski definition) is 4. The highest BCUT2D eigenvalue weighted by molar-refractivity contribution is 7.80. The van der Waals surface area contributed by atoms with Crippen LogP contribution in [0, 0.1) is 0 Å². The van der Waals surface area contributed by atoms with Crippen molar-refractivity contribution in [3.05, 3.63) is 126 Å². The molecule has 0 saturated heterocycles. The summed E-state index contributed by atoms with van der Waals surface area (Å²) in [6, 6.07) is 33.7. The van der Waals surface area contributed by atoms with Crippen LogP contribution in [0.5, 0.6) is 0 Å². The minimum absolute atomic E-state index is 0.0919. The predicted molar refractivity (Wildman–Crippen MR) is 150 cm³/mol. The molecule has 0 radical (unpaired) electrons. The number of anilines is 4. The van der Waals surface area contributed by atoms with E-state index in [0.29, 0.717) is 16.9 Å². The minimum Gasteiger partial charge on any atom is -0.356 e. The van der Waals surface area contributed by atoms with Gasteiger partial charge in [-0.2, -0.15) is 0 Å². The molecule has 0 unspecified atom stereocenters. The second-order valence-corrected chi connectivity index (χ2v) is 8.16. The van der Waals surface area contributed by atoms with E-state index in [2.05, 4.69) is 21.3 Å². The maximum absolute atomic E-state index is 13.0. The average molecular weight is 493 g/mol. The Labute approximate surface area is 215 Å². The van der Waals surface area contributed by atoms with Crippen molar-refractivity contribution < 1.29 is 9.59 Å². The summed E-state index contributed by atoms with van der Waals surface area (Å²) in [5, 5.41) is 11.8. The van der Waals surface area contributed by atoms with E-state index >= 15 is 0 Å². The topological polar surface area (TPSA) is 82.3 Å². The predicted octanol–water partition coefficient (Wildman–Crippen LogP) is 6.21. The fourth-order valence-electron chi connectivity index (χ4n) is 3.36. The highest BCUT2D eigenvalue weighted by Gasteiger charge is 2.13. The molecule has 0 saturated carbocycles. The van der Waals surface area contributed by atoms with Gasteiger partial charge in [-0.1, -0.05) is 60.7 Å². The van der Waals surface area contributed by atoms with Gasteiger partial charge in [-0.05, 0) is 72.4 Å². The van der Waals surface area contributed by atoms with Gasteiger partial charge in [0, 0.05) is 23.1 Å². The monoisotopic (exact) mass is 492 g/mol. The van der Waals surface area contributed by atoms with E-state index in [1.54, 1.807) is 30.3 Å². The van der Waals surface area contributed by atoms with Crippen LogP contribution in [-0.4, -0.2) is 16.9 Å². The maximum atomic E-state index is 13.0. The standard InChI is InChI=1S/C29H24N4O2S/c34-27(20-15-21-9-3-1-4-10-21)33-29(36)32-26-14-8-7-13-25(26)28(35)31-24-18-16-23(17-19-24)30-22-11-5-2-6-12-22/h1-20,30H,(H,31,35)(H2,32,33,34,36)/b20-15+. The summed E-state index contributed by atoms with van der Waals surface area (Å²) in [6.07, 6.45) is 3.10. The molecule has 0 heterocycles. The van der Waals surface area contributed by atoms with E-state index in [-0.39, 0.29) is 16.9 Å². The zero-order valence-electron chi connectivity index (χ0n) is 19.3. The third kappa shape index (κ3) is 7.12. The van der Waals surface area contributed by atoms with E-state index in [9.17, 15) is 9.59 Å². The average Bonchev–Trinajstić information content (AvgIpc) is 2.90. The number of carbonyl (C=O) groups is 2. The molecule has 36 heavy (non-hydrogen) atoms. The lowest BCUT2D eigenvalue weighted by atomic mass is 10.1. The Morgan fingerprint density at radius 2 is 1.22 bits per heavy atom. The Kier molecular flexibility index (Phi) is 8.19. The van der Waals surface area contributed by atoms with Crippen molar-refractivity contribution in [3.63, 3.8) is 0 Å². The lowest BCUT2D eigenvalue weighted by Gasteiger charge is -2.13. The van der Waals surface area contributed by atoms with Crippen molar-refractivity contribution in [3.8, 4) is 0 Å². The number of benzene rings is 4. The number of carbonyl (C=O) groups excluding carboxylic acids is 2. The Hall–Kier alpha value is -4.75. The summed E-state index contributed by atoms with van der Waals surface area (Å²) in [5.41, 5.74) is 4.31. The first-order valence-electron chi connectivity index (χ1n) is 11.2. The van der Waals surface area contributed by atoms with Gasteiger partial charge < -0.3 is 16.0 Å². The molecule has 0 aromatic heterocycles. The molecule has 6 nitrogen and oxygen atoms in total. The van der Waals surface area contributed by atoms with Crippen LogP contribution in [0.4, 0.5) is 22.7 Å². The van der Waals surface area contributed by atoms with Crippen molar-refractivity contribution in [2.75, 3.05) is 16.0 Å². The molecule has 4 rings (SSSR count). The summed E-state index contributed by atoms with van der Waals surface area (Å²) in [4.78, 5) is 25.2. The van der Waals surface area contributed by atoms with E-state index in [0.717, 1.165) is 16.9 Å². The van der Waals surface area contributed by atoms with Crippen LogP contribution in [0.25, 0.3) is 6.08 Å². The van der Waals surface area contributed by atoms with Gasteiger partial charge >= 0.3 is 0 Å². The molecule has 0 aliphatic carbocycles. The molecule has 0 aliphatic heterocycles. The molecular formula is C29H24N4O2S. The molecule has 7 heteroatoms. The van der Waals surface area contributed by atoms with E-state index in [1.165, 1.54) is 6.08 Å². The van der Waals surface area contributed by atoms with Crippen molar-refractivity contribution in [2.24, 2.45) is 0 Å². The Morgan fingerprint density at radius 3 is 1.94 bits per heavy atom. The molecule has 4 aromatic rings. The van der Waals surface area contributed by atoms with Crippen LogP contribution in [0.2, 0.25) is 0 Å². The van der Waals surface area contributed by atoms with Crippen LogP contribution in [-0.2, 0) is 4.79 Å². The summed E-state index contributed by atoms with van der Waals surface area (Å²) < 4.78 is 0. The zero-order valence-corrected chi connectivity index (χ0v) is 20.1. The molecular weight excluding hydrogens is 468 g/mol. The zero-order chi connectivity index (χ0) is 25.2. The Bertz CT molecular complexity index is 1370. The van der Waals surface area contributed by atoms with Crippen LogP contribution in [0.15, 0.2) is 115 Å². The van der Waals surface area contributed by atoms with E-state index in [4.69, 9.17) is 12.2 Å². The Morgan fingerprint density at radius 1 is 0.639 bits per heavy atom. The van der Waals surface area contributed by atoms with Gasteiger partial charge in [0.25, 0.3) is 5.91 Å². The third-order valence-electron chi connectivity index (χ3n) is 5.09. The summed E-state index contributed by atoms with van der Waals surface area (Å²) in [5.74, 6) is -0.678. The molecule has 0 fully saturated rings. The van der Waals surface area contributed by atoms with Gasteiger partial charge in [-0.15, -0.1) is 0 Å². The highest BCUT2D eigenvalue weighted by atomic mass is 32.1. The van der Waals surface area contributed by atoms with Gasteiger partial charge in [0.1, 0.15) is 0 Å². The Balaban J connectivity index is 1.35. The van der Waals surface area contributed by atoms with Crippen molar-refractivity contribution in [1.82, 2.24) is 5.32 Å². The fraction of sp³-hybridized carbons (Fsp3) is 0. The van der Waals surface area contributed by atoms with Crippen molar-refractivity contribution in [1.29, 1.82) is 0 Å². The molecule has 0 atom stereocenters. The molecule has 178 valence electrons. The largest absolute Gasteiger partial charge is 0.356 e. The number of para-hydroxylation sites is 2. The quantitative estimate of drug-likeness (QED) is 0.182. The van der Waals surface area contributed by atoms with Crippen LogP contribution < -0.4 is 21.3 Å². The highest BCUT2D eigenvalue weighted by Crippen LogP contribution is 2.21. The summed E-state index contributed by atoms with van der Waals surface area (Å²) in [7, 11) is 0. The SMILES string of the molecule is O=C(/C=C/c1ccccc1)NC(=S)Nc1ccccc1C(=O)Nc1ccc(Nc2ccccc2)cc1. The maximum Gasteiger partial charge on any atom is 0.257 e. The normalized spacial score (nSPS) is 10.4.